The second-order valence-corrected chi connectivity index (χ2v) is 8.57. The fraction of sp³-hybridized carbons (Fsp3) is 0.259. The summed E-state index contributed by atoms with van der Waals surface area (Å²) in [6.45, 7) is 4.76. The summed E-state index contributed by atoms with van der Waals surface area (Å²) < 4.78 is 0. The fourth-order valence-corrected chi connectivity index (χ4v) is 4.64. The van der Waals surface area contributed by atoms with Crippen molar-refractivity contribution in [3.63, 3.8) is 0 Å². The molecular formula is C27H28N4O2. The third-order valence-electron chi connectivity index (χ3n) is 6.40. The van der Waals surface area contributed by atoms with Crippen molar-refractivity contribution in [1.29, 1.82) is 0 Å². The number of hydrogen-bond donors (Lipinski definition) is 3. The Labute approximate surface area is 194 Å². The van der Waals surface area contributed by atoms with Gasteiger partial charge in [-0.1, -0.05) is 36.4 Å². The molecular weight excluding hydrogens is 412 g/mol. The van der Waals surface area contributed by atoms with Crippen LogP contribution in [0.5, 0.6) is 0 Å². The third-order valence-corrected chi connectivity index (χ3v) is 6.40. The van der Waals surface area contributed by atoms with Gasteiger partial charge in [0.05, 0.1) is 11.3 Å². The second-order valence-electron chi connectivity index (χ2n) is 8.57. The molecule has 0 unspecified atom stereocenters. The molecule has 0 saturated carbocycles. The maximum atomic E-state index is 12.9. The van der Waals surface area contributed by atoms with E-state index < -0.39 is 0 Å². The number of nitrogens with one attached hydrogen (secondary N) is 3. The van der Waals surface area contributed by atoms with Gasteiger partial charge in [0.1, 0.15) is 0 Å². The molecule has 2 aliphatic rings. The number of likely N-dealkylation sites (tertiary alicyclic amines) is 1. The van der Waals surface area contributed by atoms with Crippen molar-refractivity contribution in [2.75, 3.05) is 36.8 Å². The number of anilines is 2. The molecule has 0 atom stereocenters. The highest BCUT2D eigenvalue weighted by molar-refractivity contribution is 6.11. The summed E-state index contributed by atoms with van der Waals surface area (Å²) in [5.74, 6) is -0.386. The highest BCUT2D eigenvalue weighted by Gasteiger charge is 2.26. The van der Waals surface area contributed by atoms with E-state index in [0.29, 0.717) is 23.4 Å². The van der Waals surface area contributed by atoms with Crippen molar-refractivity contribution in [1.82, 2.24) is 10.2 Å². The predicted octanol–water partition coefficient (Wildman–Crippen LogP) is 4.36. The van der Waals surface area contributed by atoms with E-state index in [1.54, 1.807) is 0 Å². The van der Waals surface area contributed by atoms with E-state index in [1.165, 1.54) is 25.9 Å². The molecule has 0 spiro atoms. The molecule has 6 heteroatoms. The van der Waals surface area contributed by atoms with Crippen molar-refractivity contribution < 1.29 is 9.59 Å². The number of carbonyl (C=O) groups excluding carboxylic acids is 2. The van der Waals surface area contributed by atoms with E-state index in [1.807, 2.05) is 66.7 Å². The van der Waals surface area contributed by atoms with Gasteiger partial charge in [-0.2, -0.15) is 0 Å². The van der Waals surface area contributed by atoms with Gasteiger partial charge < -0.3 is 20.9 Å². The quantitative estimate of drug-likeness (QED) is 0.511. The van der Waals surface area contributed by atoms with Gasteiger partial charge in [-0.05, 0) is 73.0 Å². The number of rotatable bonds is 7. The Morgan fingerprint density at radius 2 is 1.70 bits per heavy atom. The van der Waals surface area contributed by atoms with Crippen LogP contribution < -0.4 is 16.0 Å². The largest absolute Gasteiger partial charge is 0.384 e. The van der Waals surface area contributed by atoms with Gasteiger partial charge in [0.2, 0.25) is 0 Å². The van der Waals surface area contributed by atoms with Crippen LogP contribution in [0.25, 0.3) is 11.1 Å². The lowest BCUT2D eigenvalue weighted by atomic mass is 9.95. The van der Waals surface area contributed by atoms with Crippen LogP contribution >= 0.6 is 0 Å². The van der Waals surface area contributed by atoms with Crippen LogP contribution in [0.2, 0.25) is 0 Å². The first-order valence-corrected chi connectivity index (χ1v) is 11.6. The smallest absolute Gasteiger partial charge is 0.255 e. The van der Waals surface area contributed by atoms with Crippen LogP contribution in [0, 0.1) is 0 Å². The number of hydrogen-bond acceptors (Lipinski definition) is 4. The molecule has 3 N–H and O–H groups in total. The van der Waals surface area contributed by atoms with Gasteiger partial charge in [0.25, 0.3) is 11.8 Å². The Balaban J connectivity index is 1.28. The average Bonchev–Trinajstić information content (AvgIpc) is 3.51. The normalized spacial score (nSPS) is 15.2. The van der Waals surface area contributed by atoms with Crippen molar-refractivity contribution in [2.45, 2.75) is 19.4 Å². The van der Waals surface area contributed by atoms with E-state index >= 15 is 0 Å². The molecule has 5 rings (SSSR count). The first kappa shape index (κ1) is 21.2. The maximum absolute atomic E-state index is 12.9. The van der Waals surface area contributed by atoms with Crippen LogP contribution in [-0.4, -0.2) is 42.9 Å². The van der Waals surface area contributed by atoms with Crippen molar-refractivity contribution in [2.24, 2.45) is 0 Å². The summed E-state index contributed by atoms with van der Waals surface area (Å²) in [4.78, 5) is 27.9. The lowest BCUT2D eigenvalue weighted by Crippen LogP contribution is -2.25. The summed E-state index contributed by atoms with van der Waals surface area (Å²) in [7, 11) is 0. The number of amides is 2. The Morgan fingerprint density at radius 3 is 2.45 bits per heavy atom. The van der Waals surface area contributed by atoms with Crippen LogP contribution in [0.1, 0.15) is 39.1 Å². The third kappa shape index (κ3) is 4.61. The van der Waals surface area contributed by atoms with E-state index in [2.05, 4.69) is 20.9 Å². The van der Waals surface area contributed by atoms with Gasteiger partial charge in [-0.25, -0.2) is 0 Å². The van der Waals surface area contributed by atoms with Crippen molar-refractivity contribution in [3.05, 3.63) is 83.4 Å². The molecule has 168 valence electrons. The monoisotopic (exact) mass is 440 g/mol. The van der Waals surface area contributed by atoms with Gasteiger partial charge in [0, 0.05) is 30.9 Å². The lowest BCUT2D eigenvalue weighted by molar-refractivity contribution is 0.0966. The molecule has 2 aliphatic heterocycles. The number of benzene rings is 3. The predicted molar refractivity (Wildman–Crippen MR) is 132 cm³/mol. The Bertz CT molecular complexity index is 1150. The van der Waals surface area contributed by atoms with Crippen molar-refractivity contribution in [3.8, 4) is 11.1 Å². The Hall–Kier alpha value is -3.64. The van der Waals surface area contributed by atoms with E-state index in [9.17, 15) is 9.59 Å². The van der Waals surface area contributed by atoms with Crippen LogP contribution in [0.4, 0.5) is 11.4 Å². The molecule has 33 heavy (non-hydrogen) atoms. The first-order valence-electron chi connectivity index (χ1n) is 11.6. The lowest BCUT2D eigenvalue weighted by Gasteiger charge is -2.15. The summed E-state index contributed by atoms with van der Waals surface area (Å²) in [6.07, 6.45) is 2.59. The molecule has 3 aromatic carbocycles. The van der Waals surface area contributed by atoms with Gasteiger partial charge in [-0.3, -0.25) is 9.59 Å². The minimum absolute atomic E-state index is 0.157. The molecule has 0 radical (unpaired) electrons. The zero-order chi connectivity index (χ0) is 22.6. The number of carbonyl (C=O) groups is 2. The van der Waals surface area contributed by atoms with E-state index in [4.69, 9.17) is 0 Å². The van der Waals surface area contributed by atoms with Gasteiger partial charge in [0.15, 0.2) is 0 Å². The summed E-state index contributed by atoms with van der Waals surface area (Å²) in [5, 5.41) is 9.26. The molecule has 1 fully saturated rings. The first-order chi connectivity index (χ1) is 16.2. The molecule has 2 amide bonds. The maximum Gasteiger partial charge on any atom is 0.255 e. The van der Waals surface area contributed by atoms with E-state index in [0.717, 1.165) is 35.5 Å². The Kier molecular flexibility index (Phi) is 6.09. The molecule has 6 nitrogen and oxygen atoms in total. The zero-order valence-corrected chi connectivity index (χ0v) is 18.6. The molecule has 3 aromatic rings. The van der Waals surface area contributed by atoms with Crippen LogP contribution in [-0.2, 0) is 6.54 Å². The minimum Gasteiger partial charge on any atom is -0.384 e. The number of fused-ring (bicyclic) bond motifs is 1. The highest BCUT2D eigenvalue weighted by atomic mass is 16.2. The summed E-state index contributed by atoms with van der Waals surface area (Å²) in [6, 6.07) is 21.2. The van der Waals surface area contributed by atoms with Gasteiger partial charge in [-0.15, -0.1) is 0 Å². The number of nitrogens with zero attached hydrogens (tertiary/aromatic N) is 1. The fourth-order valence-electron chi connectivity index (χ4n) is 4.64. The topological polar surface area (TPSA) is 73.5 Å². The molecule has 1 saturated heterocycles. The highest BCUT2D eigenvalue weighted by Crippen LogP contribution is 2.34. The summed E-state index contributed by atoms with van der Waals surface area (Å²) in [5.41, 5.74) is 5.61. The molecule has 0 bridgehead atoms. The van der Waals surface area contributed by atoms with Gasteiger partial charge >= 0.3 is 0 Å². The van der Waals surface area contributed by atoms with Crippen molar-refractivity contribution >= 4 is 23.2 Å². The minimum atomic E-state index is -0.229. The molecule has 0 aromatic heterocycles. The molecule has 0 aliphatic carbocycles. The SMILES string of the molecule is O=C(Nc1ccc(-c2ccccc2)c2c1C(=O)NC2)c1ccc(NCCN2CCCC2)cc1. The van der Waals surface area contributed by atoms with Crippen LogP contribution in [0.15, 0.2) is 66.7 Å². The summed E-state index contributed by atoms with van der Waals surface area (Å²) >= 11 is 0. The standard InChI is InChI=1S/C27H28N4O2/c32-26(20-8-10-21(11-9-20)28-14-17-31-15-4-5-16-31)30-24-13-12-22(19-6-2-1-3-7-19)23-18-29-27(33)25(23)24/h1-3,6-13,28H,4-5,14-18H2,(H,29,33)(H,30,32). The molecule has 2 heterocycles. The van der Waals surface area contributed by atoms with Crippen LogP contribution in [0.3, 0.4) is 0 Å². The second kappa shape index (κ2) is 9.46. The Morgan fingerprint density at radius 1 is 0.939 bits per heavy atom. The average molecular weight is 441 g/mol. The zero-order valence-electron chi connectivity index (χ0n) is 18.6. The van der Waals surface area contributed by atoms with E-state index in [-0.39, 0.29) is 11.8 Å².